The number of halogens is 1. The van der Waals surface area contributed by atoms with Crippen molar-refractivity contribution in [1.82, 2.24) is 4.57 Å². The number of esters is 1. The van der Waals surface area contributed by atoms with Gasteiger partial charge in [-0.15, -0.1) is 0 Å². The second-order valence-electron chi connectivity index (χ2n) is 10.1. The van der Waals surface area contributed by atoms with Crippen molar-refractivity contribution in [2.24, 2.45) is 5.92 Å². The van der Waals surface area contributed by atoms with E-state index in [0.717, 1.165) is 28.0 Å². The minimum atomic E-state index is -0.891. The Kier molecular flexibility index (Phi) is 8.06. The lowest BCUT2D eigenvalue weighted by Crippen LogP contribution is -2.33. The average molecular weight is 650 g/mol. The van der Waals surface area contributed by atoms with Gasteiger partial charge in [0, 0.05) is 21.5 Å². The average Bonchev–Trinajstić information content (AvgIpc) is 3.45. The van der Waals surface area contributed by atoms with E-state index in [9.17, 15) is 29.1 Å². The van der Waals surface area contributed by atoms with Gasteiger partial charge in [-0.05, 0) is 73.2 Å². The molecule has 44 heavy (non-hydrogen) atoms. The first-order valence-corrected chi connectivity index (χ1v) is 15.6. The Balaban J connectivity index is 1.36. The third-order valence-electron chi connectivity index (χ3n) is 7.37. The van der Waals surface area contributed by atoms with Gasteiger partial charge in [-0.3, -0.25) is 23.7 Å². The fourth-order valence-corrected chi connectivity index (χ4v) is 8.29. The number of imide groups is 1. The monoisotopic (exact) mass is 649 g/mol. The molecular weight excluding hydrogens is 626 g/mol. The molecular formula is C31H24ClN3O7S2. The van der Waals surface area contributed by atoms with Crippen LogP contribution in [0.4, 0.5) is 11.4 Å². The summed E-state index contributed by atoms with van der Waals surface area (Å²) < 4.78 is 6.36. The van der Waals surface area contributed by atoms with Gasteiger partial charge in [-0.2, -0.15) is 0 Å². The van der Waals surface area contributed by atoms with E-state index in [0.29, 0.717) is 31.9 Å². The van der Waals surface area contributed by atoms with Gasteiger partial charge in [-0.1, -0.05) is 46.8 Å². The standard InChI is InChI=1S/C31H24ClN3O7S2/c1-2-42-30(40)17-3-11-20(12-4-17)35-27(38)24-23(16-5-13-21(36)14-6-16)26-29(43-25(24)28(35)39)34(31(41)44-26)15-22(37)33-19-9-7-18(32)8-10-19/h3-14,23-25,36H,2,15H2,1H3,(H,33,37). The molecule has 0 saturated carbocycles. The number of hydrogen-bond donors (Lipinski definition) is 2. The molecule has 0 aliphatic carbocycles. The highest BCUT2D eigenvalue weighted by Crippen LogP contribution is 2.54. The number of carbonyl (C=O) groups is 4. The lowest BCUT2D eigenvalue weighted by atomic mass is 9.83. The predicted octanol–water partition coefficient (Wildman–Crippen LogP) is 4.88. The second kappa shape index (κ2) is 11.9. The molecule has 0 radical (unpaired) electrons. The van der Waals surface area contributed by atoms with E-state index in [1.807, 2.05) is 0 Å². The smallest absolute Gasteiger partial charge is 0.338 e. The van der Waals surface area contributed by atoms with Gasteiger partial charge < -0.3 is 15.2 Å². The molecule has 3 amide bonds. The van der Waals surface area contributed by atoms with E-state index in [1.165, 1.54) is 41.0 Å². The van der Waals surface area contributed by atoms with Gasteiger partial charge in [0.25, 0.3) is 0 Å². The minimum absolute atomic E-state index is 0.0254. The van der Waals surface area contributed by atoms with Crippen molar-refractivity contribution in [1.29, 1.82) is 0 Å². The summed E-state index contributed by atoms with van der Waals surface area (Å²) in [5.41, 5.74) is 1.73. The predicted molar refractivity (Wildman–Crippen MR) is 167 cm³/mol. The topological polar surface area (TPSA) is 135 Å². The Hall–Kier alpha value is -4.39. The van der Waals surface area contributed by atoms with Crippen LogP contribution in [0, 0.1) is 5.92 Å². The van der Waals surface area contributed by atoms with Crippen LogP contribution < -0.4 is 15.1 Å². The molecule has 2 aliphatic heterocycles. The highest BCUT2D eigenvalue weighted by molar-refractivity contribution is 8.00. The first-order chi connectivity index (χ1) is 21.2. The molecule has 6 rings (SSSR count). The van der Waals surface area contributed by atoms with E-state index >= 15 is 0 Å². The molecule has 1 aromatic heterocycles. The number of benzene rings is 3. The van der Waals surface area contributed by atoms with Crippen molar-refractivity contribution in [3.05, 3.63) is 103 Å². The van der Waals surface area contributed by atoms with Crippen LogP contribution >= 0.6 is 34.7 Å². The number of hydrogen-bond acceptors (Lipinski definition) is 9. The number of ether oxygens (including phenoxy) is 1. The summed E-state index contributed by atoms with van der Waals surface area (Å²) in [5, 5.41) is 12.7. The lowest BCUT2D eigenvalue weighted by molar-refractivity contribution is -0.122. The van der Waals surface area contributed by atoms with E-state index in [4.69, 9.17) is 16.3 Å². The van der Waals surface area contributed by atoms with E-state index < -0.39 is 45.6 Å². The summed E-state index contributed by atoms with van der Waals surface area (Å²) in [7, 11) is 0. The number of nitrogens with zero attached hydrogens (tertiary/aromatic N) is 2. The van der Waals surface area contributed by atoms with Crippen LogP contribution in [-0.2, 0) is 25.7 Å². The van der Waals surface area contributed by atoms with Gasteiger partial charge in [0.05, 0.1) is 28.8 Å². The summed E-state index contributed by atoms with van der Waals surface area (Å²) in [6.45, 7) is 1.60. The van der Waals surface area contributed by atoms with Crippen molar-refractivity contribution >= 4 is 69.8 Å². The Morgan fingerprint density at radius 3 is 2.30 bits per heavy atom. The SMILES string of the molecule is CCOC(=O)c1ccc(N2C(=O)C3Sc4c(sc(=O)n4CC(=O)Nc4ccc(Cl)cc4)C(c4ccc(O)cc4)C3C2=O)cc1. The van der Waals surface area contributed by atoms with Gasteiger partial charge in [0.15, 0.2) is 0 Å². The fourth-order valence-electron chi connectivity index (χ4n) is 5.39. The van der Waals surface area contributed by atoms with Crippen molar-refractivity contribution in [3.8, 4) is 5.75 Å². The van der Waals surface area contributed by atoms with Gasteiger partial charge in [0.2, 0.25) is 17.7 Å². The van der Waals surface area contributed by atoms with Crippen LogP contribution in [0.2, 0.25) is 5.02 Å². The first-order valence-electron chi connectivity index (χ1n) is 13.6. The highest BCUT2D eigenvalue weighted by atomic mass is 35.5. The zero-order valence-electron chi connectivity index (χ0n) is 23.1. The number of rotatable bonds is 7. The lowest BCUT2D eigenvalue weighted by Gasteiger charge is -2.30. The Morgan fingerprint density at radius 1 is 0.955 bits per heavy atom. The maximum absolute atomic E-state index is 14.0. The van der Waals surface area contributed by atoms with Crippen molar-refractivity contribution < 1.29 is 29.0 Å². The number of nitrogens with one attached hydrogen (secondary N) is 1. The molecule has 0 bridgehead atoms. The van der Waals surface area contributed by atoms with Crippen molar-refractivity contribution in [2.45, 2.75) is 29.7 Å². The molecule has 2 N–H and O–H groups in total. The number of fused-ring (bicyclic) bond motifs is 2. The first kappa shape index (κ1) is 29.7. The van der Waals surface area contributed by atoms with Crippen LogP contribution in [0.15, 0.2) is 82.6 Å². The molecule has 3 unspecified atom stereocenters. The van der Waals surface area contributed by atoms with Gasteiger partial charge >= 0.3 is 10.8 Å². The van der Waals surface area contributed by atoms with Gasteiger partial charge in [-0.25, -0.2) is 9.69 Å². The number of phenols is 1. The van der Waals surface area contributed by atoms with Crippen LogP contribution in [0.5, 0.6) is 5.75 Å². The molecule has 10 nitrogen and oxygen atoms in total. The third kappa shape index (κ3) is 5.40. The summed E-state index contributed by atoms with van der Waals surface area (Å²) in [6.07, 6.45) is 0. The molecule has 3 aromatic carbocycles. The second-order valence-corrected chi connectivity index (χ2v) is 12.7. The summed E-state index contributed by atoms with van der Waals surface area (Å²) in [5.74, 6) is -3.41. The molecule has 1 saturated heterocycles. The number of phenolic OH excluding ortho intramolecular Hbond substituents is 1. The molecule has 224 valence electrons. The zero-order valence-corrected chi connectivity index (χ0v) is 25.4. The summed E-state index contributed by atoms with van der Waals surface area (Å²) in [6, 6.07) is 18.9. The van der Waals surface area contributed by atoms with Gasteiger partial charge in [0.1, 0.15) is 17.5 Å². The Morgan fingerprint density at radius 2 is 1.64 bits per heavy atom. The molecule has 3 atom stereocenters. The third-order valence-corrected chi connectivity index (χ3v) is 10.2. The molecule has 2 aliphatic rings. The maximum atomic E-state index is 14.0. The largest absolute Gasteiger partial charge is 0.508 e. The quantitative estimate of drug-likeness (QED) is 0.214. The number of amides is 3. The maximum Gasteiger partial charge on any atom is 0.338 e. The van der Waals surface area contributed by atoms with Crippen LogP contribution in [0.1, 0.15) is 33.6 Å². The zero-order chi connectivity index (χ0) is 31.1. The Bertz CT molecular complexity index is 1840. The highest BCUT2D eigenvalue weighted by Gasteiger charge is 2.56. The normalized spacial score (nSPS) is 19.0. The molecule has 13 heteroatoms. The number of thiazole rings is 1. The number of carbonyl (C=O) groups excluding carboxylic acids is 4. The number of thioether (sulfide) groups is 1. The van der Waals surface area contributed by atoms with Crippen molar-refractivity contribution in [3.63, 3.8) is 0 Å². The van der Waals surface area contributed by atoms with E-state index in [-0.39, 0.29) is 24.5 Å². The number of aromatic nitrogens is 1. The van der Waals surface area contributed by atoms with E-state index in [2.05, 4.69) is 5.32 Å². The minimum Gasteiger partial charge on any atom is -0.508 e. The Labute approximate surface area is 264 Å². The van der Waals surface area contributed by atoms with Crippen LogP contribution in [-0.4, -0.2) is 45.2 Å². The van der Waals surface area contributed by atoms with E-state index in [1.54, 1.807) is 43.3 Å². The number of aromatic hydroxyl groups is 1. The summed E-state index contributed by atoms with van der Waals surface area (Å²) >= 11 is 7.95. The molecule has 3 heterocycles. The molecule has 4 aromatic rings. The fraction of sp³-hybridized carbons (Fsp3) is 0.194. The number of anilines is 2. The molecule has 0 spiro atoms. The van der Waals surface area contributed by atoms with Crippen LogP contribution in [0.25, 0.3) is 0 Å². The molecule has 1 fully saturated rings. The van der Waals surface area contributed by atoms with Crippen LogP contribution in [0.3, 0.4) is 0 Å². The summed E-state index contributed by atoms with van der Waals surface area (Å²) in [4.78, 5) is 67.6. The van der Waals surface area contributed by atoms with Crippen molar-refractivity contribution in [2.75, 3.05) is 16.8 Å².